The molecule has 0 saturated carbocycles. The third kappa shape index (κ3) is 3.42. The Hall–Kier alpha value is -1.75. The smallest absolute Gasteiger partial charge is 0.313 e. The molecule has 1 heterocycles. The van der Waals surface area contributed by atoms with Crippen LogP contribution in [0.4, 0.5) is 0 Å². The minimum Gasteiger partial charge on any atom is -0.481 e. The molecule has 1 N–H and O–H groups in total. The van der Waals surface area contributed by atoms with Crippen LogP contribution in [-0.4, -0.2) is 26.6 Å². The zero-order valence-electron chi connectivity index (χ0n) is 11.8. The maximum absolute atomic E-state index is 10.8. The molecule has 20 heavy (non-hydrogen) atoms. The van der Waals surface area contributed by atoms with E-state index >= 15 is 0 Å². The summed E-state index contributed by atoms with van der Waals surface area (Å²) in [4.78, 5) is 10.8. The Labute approximate surface area is 122 Å². The highest BCUT2D eigenvalue weighted by molar-refractivity contribution is 7.99. The molecular weight excluding hydrogens is 272 g/mol. The fourth-order valence-corrected chi connectivity index (χ4v) is 2.74. The van der Waals surface area contributed by atoms with Gasteiger partial charge in [-0.1, -0.05) is 42.1 Å². The Morgan fingerprint density at radius 1 is 1.30 bits per heavy atom. The van der Waals surface area contributed by atoms with Gasteiger partial charge in [-0.15, -0.1) is 0 Å². The maximum Gasteiger partial charge on any atom is 0.313 e. The van der Waals surface area contributed by atoms with Crippen molar-refractivity contribution in [2.24, 2.45) is 0 Å². The van der Waals surface area contributed by atoms with Crippen LogP contribution in [0.5, 0.6) is 0 Å². The fraction of sp³-hybridized carbons (Fsp3) is 0.333. The minimum absolute atomic E-state index is 0.0377. The quantitative estimate of drug-likeness (QED) is 0.876. The predicted molar refractivity (Wildman–Crippen MR) is 81.0 cm³/mol. The van der Waals surface area contributed by atoms with Gasteiger partial charge in [0.05, 0.1) is 22.0 Å². The number of hydrogen-bond donors (Lipinski definition) is 1. The van der Waals surface area contributed by atoms with Gasteiger partial charge in [0.1, 0.15) is 0 Å². The van der Waals surface area contributed by atoms with Crippen molar-refractivity contribution in [2.75, 3.05) is 5.75 Å². The van der Waals surface area contributed by atoms with Gasteiger partial charge in [0.15, 0.2) is 0 Å². The number of carboxylic acids is 1. The van der Waals surface area contributed by atoms with Crippen LogP contribution in [-0.2, 0) is 10.3 Å². The van der Waals surface area contributed by atoms with E-state index in [1.165, 1.54) is 11.8 Å². The minimum atomic E-state index is -0.821. The van der Waals surface area contributed by atoms with Crippen LogP contribution < -0.4 is 0 Å². The second-order valence-electron chi connectivity index (χ2n) is 5.50. The van der Waals surface area contributed by atoms with Gasteiger partial charge in [0, 0.05) is 5.56 Å². The number of hydrogen-bond acceptors (Lipinski definition) is 3. The number of benzene rings is 1. The second kappa shape index (κ2) is 5.71. The normalized spacial score (nSPS) is 11.6. The zero-order valence-corrected chi connectivity index (χ0v) is 12.6. The van der Waals surface area contributed by atoms with Gasteiger partial charge in [-0.2, -0.15) is 5.10 Å². The summed E-state index contributed by atoms with van der Waals surface area (Å²) in [6, 6.07) is 11.9. The highest BCUT2D eigenvalue weighted by Gasteiger charge is 2.21. The number of carbonyl (C=O) groups is 1. The summed E-state index contributed by atoms with van der Waals surface area (Å²) < 4.78 is 1.89. The van der Waals surface area contributed by atoms with Crippen LogP contribution in [0.1, 0.15) is 20.8 Å². The lowest BCUT2D eigenvalue weighted by atomic mass is 10.1. The predicted octanol–water partition coefficient (Wildman–Crippen LogP) is 3.48. The molecule has 2 aromatic rings. The molecule has 0 spiro atoms. The topological polar surface area (TPSA) is 55.1 Å². The Morgan fingerprint density at radius 3 is 2.50 bits per heavy atom. The molecule has 0 unspecified atom stereocenters. The fourth-order valence-electron chi connectivity index (χ4n) is 1.83. The van der Waals surface area contributed by atoms with Crippen LogP contribution in [0, 0.1) is 0 Å². The molecular formula is C15H18N2O2S. The molecule has 5 heteroatoms. The van der Waals surface area contributed by atoms with Gasteiger partial charge in [0.2, 0.25) is 0 Å². The number of rotatable bonds is 4. The summed E-state index contributed by atoms with van der Waals surface area (Å²) in [6.07, 6.45) is 0. The molecule has 0 fully saturated rings. The second-order valence-corrected chi connectivity index (χ2v) is 6.49. The first-order valence-electron chi connectivity index (χ1n) is 6.38. The van der Waals surface area contributed by atoms with Gasteiger partial charge < -0.3 is 5.11 Å². The molecule has 1 aromatic carbocycles. The zero-order chi connectivity index (χ0) is 14.8. The van der Waals surface area contributed by atoms with E-state index in [-0.39, 0.29) is 11.3 Å². The van der Waals surface area contributed by atoms with Crippen molar-refractivity contribution in [1.29, 1.82) is 0 Å². The van der Waals surface area contributed by atoms with Crippen molar-refractivity contribution in [2.45, 2.75) is 31.3 Å². The van der Waals surface area contributed by atoms with E-state index in [1.807, 2.05) is 41.1 Å². The molecule has 0 aliphatic rings. The lowest BCUT2D eigenvalue weighted by Gasteiger charge is -2.21. The molecule has 4 nitrogen and oxygen atoms in total. The highest BCUT2D eigenvalue weighted by atomic mass is 32.2. The summed E-state index contributed by atoms with van der Waals surface area (Å²) in [6.45, 7) is 6.17. The number of aromatic nitrogens is 2. The first-order chi connectivity index (χ1) is 9.38. The average Bonchev–Trinajstić information content (AvgIpc) is 2.81. The molecule has 0 saturated heterocycles. The van der Waals surface area contributed by atoms with Crippen molar-refractivity contribution in [1.82, 2.24) is 9.78 Å². The van der Waals surface area contributed by atoms with Crippen LogP contribution in [0.3, 0.4) is 0 Å². The van der Waals surface area contributed by atoms with Crippen LogP contribution in [0.15, 0.2) is 41.4 Å². The van der Waals surface area contributed by atoms with Gasteiger partial charge >= 0.3 is 5.97 Å². The van der Waals surface area contributed by atoms with Crippen molar-refractivity contribution in [3.05, 3.63) is 36.4 Å². The van der Waals surface area contributed by atoms with E-state index in [0.717, 1.165) is 16.3 Å². The lowest BCUT2D eigenvalue weighted by Crippen LogP contribution is -2.24. The van der Waals surface area contributed by atoms with Crippen molar-refractivity contribution in [3.8, 4) is 11.3 Å². The molecule has 0 bridgehead atoms. The SMILES string of the molecule is CC(C)(C)n1nc(-c2ccccc2)cc1SCC(=O)O. The number of aliphatic carboxylic acids is 1. The largest absolute Gasteiger partial charge is 0.481 e. The highest BCUT2D eigenvalue weighted by Crippen LogP contribution is 2.29. The molecule has 0 aliphatic carbocycles. The lowest BCUT2D eigenvalue weighted by molar-refractivity contribution is -0.133. The molecule has 106 valence electrons. The Balaban J connectivity index is 2.39. The molecule has 0 atom stereocenters. The monoisotopic (exact) mass is 290 g/mol. The number of nitrogens with zero attached hydrogens (tertiary/aromatic N) is 2. The van der Waals surface area contributed by atoms with Crippen molar-refractivity contribution in [3.63, 3.8) is 0 Å². The van der Waals surface area contributed by atoms with Gasteiger partial charge in [-0.3, -0.25) is 9.48 Å². The third-order valence-electron chi connectivity index (χ3n) is 2.73. The van der Waals surface area contributed by atoms with Gasteiger partial charge in [-0.05, 0) is 26.8 Å². The van der Waals surface area contributed by atoms with Crippen molar-refractivity contribution >= 4 is 17.7 Å². The van der Waals surface area contributed by atoms with E-state index in [9.17, 15) is 4.79 Å². The van der Waals surface area contributed by atoms with E-state index in [1.54, 1.807) is 0 Å². The van der Waals surface area contributed by atoms with E-state index in [2.05, 4.69) is 25.9 Å². The van der Waals surface area contributed by atoms with E-state index in [4.69, 9.17) is 5.11 Å². The first kappa shape index (κ1) is 14.7. The Bertz CT molecular complexity index is 600. The molecule has 2 rings (SSSR count). The number of thioether (sulfide) groups is 1. The summed E-state index contributed by atoms with van der Waals surface area (Å²) >= 11 is 1.30. The molecule has 0 aliphatic heterocycles. The summed E-state index contributed by atoms with van der Waals surface area (Å²) in [5.74, 6) is -0.784. The maximum atomic E-state index is 10.8. The van der Waals surface area contributed by atoms with Crippen LogP contribution in [0.25, 0.3) is 11.3 Å². The summed E-state index contributed by atoms with van der Waals surface area (Å²) in [5.41, 5.74) is 1.72. The van der Waals surface area contributed by atoms with E-state index in [0.29, 0.717) is 0 Å². The average molecular weight is 290 g/mol. The summed E-state index contributed by atoms with van der Waals surface area (Å²) in [5, 5.41) is 14.3. The molecule has 0 amide bonds. The first-order valence-corrected chi connectivity index (χ1v) is 7.37. The Kier molecular flexibility index (Phi) is 4.18. The third-order valence-corrected chi connectivity index (χ3v) is 3.70. The molecule has 0 radical (unpaired) electrons. The van der Waals surface area contributed by atoms with Crippen LogP contribution in [0.2, 0.25) is 0 Å². The standard InChI is InChI=1S/C15H18N2O2S/c1-15(2,3)17-13(20-10-14(18)19)9-12(16-17)11-7-5-4-6-8-11/h4-9H,10H2,1-3H3,(H,18,19). The Morgan fingerprint density at radius 2 is 1.95 bits per heavy atom. The molecule has 1 aromatic heterocycles. The van der Waals surface area contributed by atoms with E-state index < -0.39 is 5.97 Å². The van der Waals surface area contributed by atoms with Crippen molar-refractivity contribution < 1.29 is 9.90 Å². The van der Waals surface area contributed by atoms with Gasteiger partial charge in [-0.25, -0.2) is 0 Å². The van der Waals surface area contributed by atoms with Gasteiger partial charge in [0.25, 0.3) is 0 Å². The number of carboxylic acid groups (broad SMARTS) is 1. The van der Waals surface area contributed by atoms with Crippen LogP contribution >= 0.6 is 11.8 Å². The summed E-state index contributed by atoms with van der Waals surface area (Å²) in [7, 11) is 0.